The average Bonchev–Trinajstić information content (AvgIpc) is 3.05. The summed E-state index contributed by atoms with van der Waals surface area (Å²) in [6, 6.07) is 21.6. The minimum atomic E-state index is -0.159. The number of nitrogens with zero attached hydrogens (tertiary/aromatic N) is 2. The van der Waals surface area contributed by atoms with Gasteiger partial charge in [0.2, 0.25) is 5.91 Å². The summed E-state index contributed by atoms with van der Waals surface area (Å²) >= 11 is 0. The summed E-state index contributed by atoms with van der Waals surface area (Å²) in [6.07, 6.45) is 0. The number of carbonyl (C=O) groups is 2. The Labute approximate surface area is 207 Å². The third kappa shape index (κ3) is 6.01. The number of nitrogens with one attached hydrogen (secondary N) is 1. The first-order chi connectivity index (χ1) is 16.8. The molecule has 0 saturated heterocycles. The fourth-order valence-electron chi connectivity index (χ4n) is 4.16. The molecule has 6 heteroatoms. The zero-order valence-electron chi connectivity index (χ0n) is 20.9. The second-order valence-corrected chi connectivity index (χ2v) is 9.43. The Bertz CT molecular complexity index is 1200. The number of urea groups is 1. The first-order valence-corrected chi connectivity index (χ1v) is 12.1. The monoisotopic (exact) mass is 471 g/mol. The van der Waals surface area contributed by atoms with Crippen molar-refractivity contribution in [2.24, 2.45) is 5.92 Å². The molecule has 1 aliphatic heterocycles. The standard InChI is InChI=1S/C29H33N3O3/c1-20(2)28(33)32(26-11-8-21(3)9-12-26)18-23-10-13-27-24(17-23)19-31(14-15-35-27)29(34)30-25-7-5-6-22(4)16-25/h5-13,16-17,20H,14-15,18-19H2,1-4H3,(H,30,34). The molecule has 0 atom stereocenters. The molecule has 0 spiro atoms. The van der Waals surface area contributed by atoms with E-state index >= 15 is 0 Å². The lowest BCUT2D eigenvalue weighted by Crippen LogP contribution is -2.36. The van der Waals surface area contributed by atoms with Gasteiger partial charge in [-0.25, -0.2) is 4.79 Å². The number of benzene rings is 3. The molecule has 0 aliphatic carbocycles. The Morgan fingerprint density at radius 1 is 1.00 bits per heavy atom. The minimum absolute atomic E-state index is 0.0687. The van der Waals surface area contributed by atoms with E-state index in [0.29, 0.717) is 26.2 Å². The van der Waals surface area contributed by atoms with Crippen molar-refractivity contribution in [2.45, 2.75) is 40.8 Å². The van der Waals surface area contributed by atoms with Gasteiger partial charge >= 0.3 is 6.03 Å². The van der Waals surface area contributed by atoms with Crippen LogP contribution < -0.4 is 15.0 Å². The lowest BCUT2D eigenvalue weighted by molar-refractivity contribution is -0.121. The van der Waals surface area contributed by atoms with Crippen molar-refractivity contribution in [3.63, 3.8) is 0 Å². The molecule has 0 fully saturated rings. The fourth-order valence-corrected chi connectivity index (χ4v) is 4.16. The van der Waals surface area contributed by atoms with Crippen molar-refractivity contribution < 1.29 is 14.3 Å². The summed E-state index contributed by atoms with van der Waals surface area (Å²) < 4.78 is 5.94. The van der Waals surface area contributed by atoms with Crippen LogP contribution in [0, 0.1) is 19.8 Å². The molecule has 0 saturated carbocycles. The van der Waals surface area contributed by atoms with Gasteiger partial charge in [0.15, 0.2) is 0 Å². The van der Waals surface area contributed by atoms with Crippen LogP contribution in [0.4, 0.5) is 16.2 Å². The summed E-state index contributed by atoms with van der Waals surface area (Å²) in [7, 11) is 0. The summed E-state index contributed by atoms with van der Waals surface area (Å²) in [5.41, 5.74) is 5.81. The number of ether oxygens (including phenoxy) is 1. The molecule has 0 radical (unpaired) electrons. The van der Waals surface area contributed by atoms with Gasteiger partial charge in [-0.3, -0.25) is 4.79 Å². The van der Waals surface area contributed by atoms with E-state index in [1.165, 1.54) is 0 Å². The normalized spacial score (nSPS) is 13.0. The van der Waals surface area contributed by atoms with Crippen molar-refractivity contribution in [2.75, 3.05) is 23.4 Å². The van der Waals surface area contributed by atoms with Gasteiger partial charge in [-0.15, -0.1) is 0 Å². The summed E-state index contributed by atoms with van der Waals surface area (Å²) in [4.78, 5) is 29.6. The largest absolute Gasteiger partial charge is 0.491 e. The Kier molecular flexibility index (Phi) is 7.39. The van der Waals surface area contributed by atoms with Gasteiger partial charge in [-0.2, -0.15) is 0 Å². The average molecular weight is 472 g/mol. The first kappa shape index (κ1) is 24.3. The number of aryl methyl sites for hydroxylation is 2. The van der Waals surface area contributed by atoms with Crippen LogP contribution in [0.15, 0.2) is 66.7 Å². The van der Waals surface area contributed by atoms with Crippen molar-refractivity contribution in [1.29, 1.82) is 0 Å². The first-order valence-electron chi connectivity index (χ1n) is 12.1. The Morgan fingerprint density at radius 2 is 1.77 bits per heavy atom. The van der Waals surface area contributed by atoms with Crippen LogP contribution in [0.5, 0.6) is 5.75 Å². The number of carbonyl (C=O) groups excluding carboxylic acids is 2. The molecular weight excluding hydrogens is 438 g/mol. The molecule has 3 aromatic carbocycles. The van der Waals surface area contributed by atoms with Gasteiger partial charge in [0.05, 0.1) is 19.6 Å². The third-order valence-electron chi connectivity index (χ3n) is 6.11. The molecule has 182 valence electrons. The van der Waals surface area contributed by atoms with E-state index in [2.05, 4.69) is 5.32 Å². The van der Waals surface area contributed by atoms with Gasteiger partial charge in [0, 0.05) is 22.9 Å². The highest BCUT2D eigenvalue weighted by atomic mass is 16.5. The highest BCUT2D eigenvalue weighted by molar-refractivity contribution is 5.94. The van der Waals surface area contributed by atoms with Crippen LogP contribution in [0.1, 0.15) is 36.1 Å². The zero-order chi connectivity index (χ0) is 24.9. The van der Waals surface area contributed by atoms with E-state index in [9.17, 15) is 9.59 Å². The topological polar surface area (TPSA) is 61.9 Å². The van der Waals surface area contributed by atoms with E-state index in [1.54, 1.807) is 4.90 Å². The number of fused-ring (bicyclic) bond motifs is 1. The quantitative estimate of drug-likeness (QED) is 0.502. The molecular formula is C29H33N3O3. The van der Waals surface area contributed by atoms with Crippen molar-refractivity contribution in [3.05, 3.63) is 89.0 Å². The van der Waals surface area contributed by atoms with E-state index < -0.39 is 0 Å². The van der Waals surface area contributed by atoms with Crippen LogP contribution in [-0.2, 0) is 17.9 Å². The van der Waals surface area contributed by atoms with Crippen LogP contribution >= 0.6 is 0 Å². The molecule has 3 amide bonds. The molecule has 0 aromatic heterocycles. The number of hydrogen-bond acceptors (Lipinski definition) is 3. The van der Waals surface area contributed by atoms with Gasteiger partial charge in [-0.1, -0.05) is 49.7 Å². The van der Waals surface area contributed by atoms with Crippen LogP contribution in [0.25, 0.3) is 0 Å². The summed E-state index contributed by atoms with van der Waals surface area (Å²) in [5.74, 6) is 0.720. The van der Waals surface area contributed by atoms with Gasteiger partial charge in [-0.05, 0) is 61.4 Å². The predicted octanol–water partition coefficient (Wildman–Crippen LogP) is 5.92. The predicted molar refractivity (Wildman–Crippen MR) is 140 cm³/mol. The van der Waals surface area contributed by atoms with Crippen LogP contribution in [0.3, 0.4) is 0 Å². The van der Waals surface area contributed by atoms with E-state index in [1.807, 2.05) is 99.3 Å². The molecule has 4 rings (SSSR count). The summed E-state index contributed by atoms with van der Waals surface area (Å²) in [6.45, 7) is 9.66. The van der Waals surface area contributed by atoms with Crippen LogP contribution in [0.2, 0.25) is 0 Å². The second kappa shape index (κ2) is 10.6. The number of hydrogen-bond donors (Lipinski definition) is 1. The molecule has 1 aliphatic rings. The maximum atomic E-state index is 13.1. The molecule has 1 N–H and O–H groups in total. The lowest BCUT2D eigenvalue weighted by Gasteiger charge is -2.26. The van der Waals surface area contributed by atoms with E-state index in [4.69, 9.17) is 4.74 Å². The van der Waals surface area contributed by atoms with Gasteiger partial charge in [0.25, 0.3) is 0 Å². The fraction of sp³-hybridized carbons (Fsp3) is 0.310. The van der Waals surface area contributed by atoms with E-state index in [0.717, 1.165) is 39.4 Å². The Balaban J connectivity index is 1.54. The van der Waals surface area contributed by atoms with E-state index in [-0.39, 0.29) is 17.9 Å². The molecule has 0 bridgehead atoms. The van der Waals surface area contributed by atoms with Crippen LogP contribution in [-0.4, -0.2) is 30.0 Å². The highest BCUT2D eigenvalue weighted by Gasteiger charge is 2.23. The van der Waals surface area contributed by atoms with Gasteiger partial charge in [0.1, 0.15) is 12.4 Å². The summed E-state index contributed by atoms with van der Waals surface area (Å²) in [5, 5.41) is 2.99. The Morgan fingerprint density at radius 3 is 2.49 bits per heavy atom. The SMILES string of the molecule is Cc1ccc(N(Cc2ccc3c(c2)CN(C(=O)Nc2cccc(C)c2)CCO3)C(=O)C(C)C)cc1. The Hall–Kier alpha value is -3.80. The smallest absolute Gasteiger partial charge is 0.322 e. The lowest BCUT2D eigenvalue weighted by atomic mass is 10.1. The zero-order valence-corrected chi connectivity index (χ0v) is 20.9. The molecule has 35 heavy (non-hydrogen) atoms. The number of amides is 3. The van der Waals surface area contributed by atoms with Crippen molar-refractivity contribution in [3.8, 4) is 5.75 Å². The van der Waals surface area contributed by atoms with Crippen molar-refractivity contribution in [1.82, 2.24) is 4.90 Å². The number of anilines is 2. The molecule has 1 heterocycles. The highest BCUT2D eigenvalue weighted by Crippen LogP contribution is 2.27. The molecule has 3 aromatic rings. The second-order valence-electron chi connectivity index (χ2n) is 9.43. The van der Waals surface area contributed by atoms with Crippen molar-refractivity contribution >= 4 is 23.3 Å². The number of rotatable bonds is 5. The minimum Gasteiger partial charge on any atom is -0.491 e. The third-order valence-corrected chi connectivity index (χ3v) is 6.11. The molecule has 0 unspecified atom stereocenters. The maximum Gasteiger partial charge on any atom is 0.322 e. The maximum absolute atomic E-state index is 13.1. The van der Waals surface area contributed by atoms with Gasteiger partial charge < -0.3 is 19.9 Å². The molecule has 6 nitrogen and oxygen atoms in total.